The van der Waals surface area contributed by atoms with Crippen molar-refractivity contribution < 1.29 is 18.0 Å². The third-order valence-corrected chi connectivity index (χ3v) is 8.67. The number of hydrogen-bond donors (Lipinski definition) is 2. The van der Waals surface area contributed by atoms with E-state index in [1.165, 1.54) is 0 Å². The van der Waals surface area contributed by atoms with Crippen LogP contribution in [0.2, 0.25) is 0 Å². The molecule has 3 atom stereocenters. The predicted octanol–water partition coefficient (Wildman–Crippen LogP) is 2.15. The number of rotatable bonds is 4. The highest BCUT2D eigenvalue weighted by Crippen LogP contribution is 2.33. The Balaban J connectivity index is 1.44. The number of anilines is 1. The number of amides is 2. The maximum atomic E-state index is 13.6. The van der Waals surface area contributed by atoms with Gasteiger partial charge in [0.05, 0.1) is 34.4 Å². The van der Waals surface area contributed by atoms with Crippen molar-refractivity contribution in [3.8, 4) is 0 Å². The first kappa shape index (κ1) is 24.1. The maximum Gasteiger partial charge on any atom is 0.269 e. The molecule has 0 bridgehead atoms. The van der Waals surface area contributed by atoms with Gasteiger partial charge in [0.25, 0.3) is 5.91 Å². The molecule has 1 fully saturated rings. The Morgan fingerprint density at radius 2 is 1.75 bits per heavy atom. The van der Waals surface area contributed by atoms with Crippen molar-refractivity contribution in [1.82, 2.24) is 10.2 Å². The number of para-hydroxylation sites is 1. The smallest absolute Gasteiger partial charge is 0.269 e. The van der Waals surface area contributed by atoms with Crippen molar-refractivity contribution in [3.63, 3.8) is 0 Å². The first-order chi connectivity index (χ1) is 17.3. The average molecular weight is 505 g/mol. The van der Waals surface area contributed by atoms with Gasteiger partial charge in [-0.15, -0.1) is 0 Å². The highest BCUT2D eigenvalue weighted by molar-refractivity contribution is 7.91. The fraction of sp³-hybridized carbons (Fsp3) is 0.296. The third-order valence-electron chi connectivity index (χ3n) is 7.06. The summed E-state index contributed by atoms with van der Waals surface area (Å²) in [6.45, 7) is 2.61. The van der Waals surface area contributed by atoms with Crippen LogP contribution in [-0.2, 0) is 19.4 Å². The van der Waals surface area contributed by atoms with Gasteiger partial charge in [-0.05, 0) is 13.0 Å². The van der Waals surface area contributed by atoms with Crippen LogP contribution in [0.1, 0.15) is 18.1 Å². The summed E-state index contributed by atoms with van der Waals surface area (Å²) >= 11 is 0. The molecule has 2 aromatic rings. The molecule has 2 heterocycles. The maximum absolute atomic E-state index is 13.6. The van der Waals surface area contributed by atoms with Crippen LogP contribution in [-0.4, -0.2) is 67.1 Å². The zero-order valence-electron chi connectivity index (χ0n) is 19.9. The molecule has 5 rings (SSSR count). The molecule has 1 aliphatic carbocycles. The summed E-state index contributed by atoms with van der Waals surface area (Å²) in [5.41, 5.74) is 2.11. The molecule has 0 spiro atoms. The van der Waals surface area contributed by atoms with E-state index in [-0.39, 0.29) is 17.4 Å². The third kappa shape index (κ3) is 4.64. The van der Waals surface area contributed by atoms with E-state index in [4.69, 9.17) is 4.99 Å². The van der Waals surface area contributed by atoms with Gasteiger partial charge >= 0.3 is 0 Å². The highest BCUT2D eigenvalue weighted by atomic mass is 32.2. The van der Waals surface area contributed by atoms with Gasteiger partial charge < -0.3 is 10.6 Å². The highest BCUT2D eigenvalue weighted by Gasteiger charge is 2.44. The second kappa shape index (κ2) is 9.48. The molecule has 1 saturated heterocycles. The van der Waals surface area contributed by atoms with Gasteiger partial charge in [0, 0.05) is 24.2 Å². The summed E-state index contributed by atoms with van der Waals surface area (Å²) in [6.07, 6.45) is 6.26. The standard InChI is InChI=1S/C27H28N4O4S/c1-27(31-15-17-36(34,35)18-16-31)14-8-7-12-21(27)25(32)30-24-26(33)28-22-13-6-5-11-20(22)23(29-24)19-9-3-2-4-10-19/h2-14,21,24H,15-18H2,1H3,(H,28,33)(H,30,32). The van der Waals surface area contributed by atoms with Crippen molar-refractivity contribution >= 4 is 33.1 Å². The number of benzodiazepines with no additional fused rings is 1. The second-order valence-corrected chi connectivity index (χ2v) is 11.7. The number of sulfone groups is 1. The summed E-state index contributed by atoms with van der Waals surface area (Å²) in [5, 5.41) is 5.75. The van der Waals surface area contributed by atoms with Crippen LogP contribution in [0.3, 0.4) is 0 Å². The second-order valence-electron chi connectivity index (χ2n) is 9.38. The largest absolute Gasteiger partial charge is 0.326 e. The van der Waals surface area contributed by atoms with Gasteiger partial charge in [0.1, 0.15) is 0 Å². The zero-order valence-corrected chi connectivity index (χ0v) is 20.7. The minimum Gasteiger partial charge on any atom is -0.326 e. The fourth-order valence-corrected chi connectivity index (χ4v) is 6.18. The Bertz CT molecular complexity index is 1370. The Labute approximate surface area is 210 Å². The molecule has 2 N–H and O–H groups in total. The molecule has 0 saturated carbocycles. The topological polar surface area (TPSA) is 108 Å². The van der Waals surface area contributed by atoms with Crippen molar-refractivity contribution in [2.45, 2.75) is 18.6 Å². The lowest BCUT2D eigenvalue weighted by molar-refractivity contribution is -0.130. The van der Waals surface area contributed by atoms with Crippen LogP contribution in [0, 0.1) is 5.92 Å². The summed E-state index contributed by atoms with van der Waals surface area (Å²) in [7, 11) is -3.07. The molecule has 0 aromatic heterocycles. The van der Waals surface area contributed by atoms with Gasteiger partial charge in [-0.1, -0.05) is 72.8 Å². The average Bonchev–Trinajstić information content (AvgIpc) is 3.00. The minimum atomic E-state index is -3.07. The normalized spacial score (nSPS) is 27.4. The van der Waals surface area contributed by atoms with E-state index < -0.39 is 33.4 Å². The summed E-state index contributed by atoms with van der Waals surface area (Å²) in [4.78, 5) is 33.5. The first-order valence-electron chi connectivity index (χ1n) is 11.9. The van der Waals surface area contributed by atoms with E-state index in [1.54, 1.807) is 12.2 Å². The molecule has 3 aliphatic rings. The van der Waals surface area contributed by atoms with Crippen molar-refractivity contribution in [2.75, 3.05) is 29.9 Å². The summed E-state index contributed by atoms with van der Waals surface area (Å²) < 4.78 is 23.9. The Kier molecular flexibility index (Phi) is 6.36. The van der Waals surface area contributed by atoms with Crippen LogP contribution in [0.5, 0.6) is 0 Å². The van der Waals surface area contributed by atoms with E-state index in [9.17, 15) is 18.0 Å². The van der Waals surface area contributed by atoms with Crippen LogP contribution in [0.4, 0.5) is 5.69 Å². The van der Waals surface area contributed by atoms with Crippen LogP contribution in [0.15, 0.2) is 83.9 Å². The van der Waals surface area contributed by atoms with Gasteiger partial charge in [-0.2, -0.15) is 0 Å². The Morgan fingerprint density at radius 3 is 2.50 bits per heavy atom. The lowest BCUT2D eigenvalue weighted by Gasteiger charge is -2.45. The summed E-state index contributed by atoms with van der Waals surface area (Å²) in [6, 6.07) is 17.0. The molecular formula is C27H28N4O4S. The number of allylic oxidation sites excluding steroid dienone is 2. The summed E-state index contributed by atoms with van der Waals surface area (Å²) in [5.74, 6) is -1.29. The number of benzene rings is 2. The number of nitrogens with one attached hydrogen (secondary N) is 2. The molecule has 2 aromatic carbocycles. The zero-order chi connectivity index (χ0) is 25.3. The Hall–Kier alpha value is -3.56. The minimum absolute atomic E-state index is 0.0580. The van der Waals surface area contributed by atoms with Crippen molar-refractivity contribution in [1.29, 1.82) is 0 Å². The van der Waals surface area contributed by atoms with Crippen molar-refractivity contribution in [2.24, 2.45) is 10.9 Å². The van der Waals surface area contributed by atoms with Crippen LogP contribution >= 0.6 is 0 Å². The molecule has 0 radical (unpaired) electrons. The van der Waals surface area contributed by atoms with E-state index in [1.807, 2.05) is 78.6 Å². The molecule has 3 unspecified atom stereocenters. The molecule has 2 aliphatic heterocycles. The van der Waals surface area contributed by atoms with Crippen LogP contribution in [0.25, 0.3) is 0 Å². The number of carbonyl (C=O) groups excluding carboxylic acids is 2. The predicted molar refractivity (Wildman–Crippen MR) is 139 cm³/mol. The SMILES string of the molecule is CC1(N2CCS(=O)(=O)CC2)C=CC=CC1C(=O)NC1N=C(c2ccccc2)c2ccccc2NC1=O. The Morgan fingerprint density at radius 1 is 1.06 bits per heavy atom. The van der Waals surface area contributed by atoms with Crippen molar-refractivity contribution in [3.05, 3.63) is 90.0 Å². The number of carbonyl (C=O) groups is 2. The lowest BCUT2D eigenvalue weighted by Crippen LogP contribution is -2.60. The lowest BCUT2D eigenvalue weighted by atomic mass is 9.79. The molecule has 186 valence electrons. The molecule has 36 heavy (non-hydrogen) atoms. The van der Waals surface area contributed by atoms with E-state index in [0.717, 1.165) is 11.1 Å². The quantitative estimate of drug-likeness (QED) is 0.664. The molecular weight excluding hydrogens is 476 g/mol. The van der Waals surface area contributed by atoms with Gasteiger partial charge in [-0.3, -0.25) is 14.5 Å². The fourth-order valence-electron chi connectivity index (χ4n) is 4.98. The number of aliphatic imine (C=N–C) groups is 1. The molecule has 9 heteroatoms. The van der Waals surface area contributed by atoms with Gasteiger partial charge in [0.15, 0.2) is 9.84 Å². The van der Waals surface area contributed by atoms with E-state index in [0.29, 0.717) is 24.5 Å². The molecule has 8 nitrogen and oxygen atoms in total. The number of fused-ring (bicyclic) bond motifs is 1. The number of nitrogens with zero attached hydrogens (tertiary/aromatic N) is 2. The van der Waals surface area contributed by atoms with Crippen LogP contribution < -0.4 is 10.6 Å². The first-order valence-corrected chi connectivity index (χ1v) is 13.7. The van der Waals surface area contributed by atoms with E-state index >= 15 is 0 Å². The number of hydrogen-bond acceptors (Lipinski definition) is 6. The van der Waals surface area contributed by atoms with Gasteiger partial charge in [0.2, 0.25) is 12.1 Å². The van der Waals surface area contributed by atoms with E-state index in [2.05, 4.69) is 10.6 Å². The van der Waals surface area contributed by atoms with Gasteiger partial charge in [-0.25, -0.2) is 13.4 Å². The molecule has 2 amide bonds. The monoisotopic (exact) mass is 504 g/mol.